The molecule has 1 aliphatic heterocycles. The summed E-state index contributed by atoms with van der Waals surface area (Å²) in [6, 6.07) is 5.73. The van der Waals surface area contributed by atoms with Gasteiger partial charge in [-0.15, -0.1) is 0 Å². The highest BCUT2D eigenvalue weighted by Gasteiger charge is 2.26. The lowest BCUT2D eigenvalue weighted by molar-refractivity contribution is -0.138. The molecule has 0 bridgehead atoms. The largest absolute Gasteiger partial charge is 0.464 e. The molecule has 0 amide bonds. The third kappa shape index (κ3) is 4.56. The van der Waals surface area contributed by atoms with Crippen LogP contribution in [-0.4, -0.2) is 70.9 Å². The van der Waals surface area contributed by atoms with E-state index in [1.54, 1.807) is 0 Å². The number of anilines is 1. The monoisotopic (exact) mass is 385 g/mol. The van der Waals surface area contributed by atoms with E-state index in [2.05, 4.69) is 20.0 Å². The van der Waals surface area contributed by atoms with Crippen LogP contribution in [0.15, 0.2) is 34.3 Å². The molecule has 0 spiro atoms. The molecule has 0 aromatic heterocycles. The summed E-state index contributed by atoms with van der Waals surface area (Å²) in [4.78, 5) is 23.1. The van der Waals surface area contributed by atoms with E-state index in [-0.39, 0.29) is 4.90 Å². The minimum Gasteiger partial charge on any atom is -0.464 e. The summed E-state index contributed by atoms with van der Waals surface area (Å²) >= 11 is 0. The quantitative estimate of drug-likeness (QED) is 0.310. The van der Waals surface area contributed by atoms with Gasteiger partial charge in [0.1, 0.15) is 0 Å². The fraction of sp³-hybridized carbons (Fsp3) is 0.400. The van der Waals surface area contributed by atoms with Crippen molar-refractivity contribution in [2.24, 2.45) is 5.10 Å². The van der Waals surface area contributed by atoms with Gasteiger partial charge in [0.2, 0.25) is 10.0 Å². The Morgan fingerprint density at radius 3 is 2.12 bits per heavy atom. The van der Waals surface area contributed by atoms with E-state index in [9.17, 15) is 18.0 Å². The standard InChI is InChI=1S/C15H19N3O7S/c1-23-14(19)13(15(20)24-2)17-16-11-3-5-12(6-4-11)26(21,22)18-7-9-25-10-8-18/h3-6,16H,7-10H2,1-2H3. The molecule has 26 heavy (non-hydrogen) atoms. The number of benzene rings is 1. The zero-order valence-electron chi connectivity index (χ0n) is 14.3. The number of carbonyl (C=O) groups excluding carboxylic acids is 2. The van der Waals surface area contributed by atoms with Gasteiger partial charge in [0.15, 0.2) is 0 Å². The molecule has 1 N–H and O–H groups in total. The number of morpholine rings is 1. The lowest BCUT2D eigenvalue weighted by Gasteiger charge is -2.26. The molecule has 10 nitrogen and oxygen atoms in total. The van der Waals surface area contributed by atoms with Crippen LogP contribution in [0.2, 0.25) is 0 Å². The van der Waals surface area contributed by atoms with Crippen molar-refractivity contribution in [3.63, 3.8) is 0 Å². The summed E-state index contributed by atoms with van der Waals surface area (Å²) in [6.45, 7) is 1.32. The molecule has 0 unspecified atom stereocenters. The van der Waals surface area contributed by atoms with Crippen LogP contribution in [0.5, 0.6) is 0 Å². The Kier molecular flexibility index (Phi) is 6.66. The van der Waals surface area contributed by atoms with Crippen LogP contribution in [0.25, 0.3) is 0 Å². The Labute approximate surface area is 150 Å². The van der Waals surface area contributed by atoms with Crippen LogP contribution < -0.4 is 5.43 Å². The first-order chi connectivity index (χ1) is 12.4. The van der Waals surface area contributed by atoms with Gasteiger partial charge in [0.25, 0.3) is 5.71 Å². The first kappa shape index (κ1) is 19.8. The number of nitrogens with zero attached hydrogens (tertiary/aromatic N) is 2. The van der Waals surface area contributed by atoms with Crippen molar-refractivity contribution in [3.05, 3.63) is 24.3 Å². The third-order valence-corrected chi connectivity index (χ3v) is 5.43. The molecule has 0 radical (unpaired) electrons. The molecule has 0 saturated carbocycles. The van der Waals surface area contributed by atoms with E-state index in [0.717, 1.165) is 14.2 Å². The summed E-state index contributed by atoms with van der Waals surface area (Å²) in [5, 5.41) is 3.66. The van der Waals surface area contributed by atoms with Crippen molar-refractivity contribution in [1.82, 2.24) is 4.31 Å². The summed E-state index contributed by atoms with van der Waals surface area (Å²) in [5.74, 6) is -1.92. The number of ether oxygens (including phenoxy) is 3. The molecule has 2 rings (SSSR count). The second kappa shape index (κ2) is 8.74. The molecule has 1 aromatic carbocycles. The van der Waals surface area contributed by atoms with E-state index < -0.39 is 27.7 Å². The predicted molar refractivity (Wildman–Crippen MR) is 91.1 cm³/mol. The Bertz CT molecular complexity index is 766. The fourth-order valence-corrected chi connectivity index (χ4v) is 3.53. The van der Waals surface area contributed by atoms with Crippen molar-refractivity contribution >= 4 is 33.4 Å². The lowest BCUT2D eigenvalue weighted by Crippen LogP contribution is -2.40. The molecule has 0 atom stereocenters. The van der Waals surface area contributed by atoms with E-state index in [1.807, 2.05) is 0 Å². The molecule has 142 valence electrons. The minimum atomic E-state index is -3.60. The molecule has 11 heteroatoms. The van der Waals surface area contributed by atoms with Crippen LogP contribution in [0, 0.1) is 0 Å². The molecular formula is C15H19N3O7S. The highest BCUT2D eigenvalue weighted by Crippen LogP contribution is 2.19. The van der Waals surface area contributed by atoms with Crippen LogP contribution in [-0.2, 0) is 33.8 Å². The highest BCUT2D eigenvalue weighted by atomic mass is 32.2. The number of hydrogen-bond donors (Lipinski definition) is 1. The highest BCUT2D eigenvalue weighted by molar-refractivity contribution is 7.89. The maximum Gasteiger partial charge on any atom is 0.366 e. The third-order valence-electron chi connectivity index (χ3n) is 3.52. The lowest BCUT2D eigenvalue weighted by atomic mass is 10.3. The van der Waals surface area contributed by atoms with E-state index >= 15 is 0 Å². The van der Waals surface area contributed by atoms with E-state index in [4.69, 9.17) is 4.74 Å². The van der Waals surface area contributed by atoms with E-state index in [1.165, 1.54) is 28.6 Å². The van der Waals surface area contributed by atoms with Gasteiger partial charge < -0.3 is 14.2 Å². The average molecular weight is 385 g/mol. The first-order valence-electron chi connectivity index (χ1n) is 7.58. The summed E-state index contributed by atoms with van der Waals surface area (Å²) < 4.78 is 40.4. The van der Waals surface area contributed by atoms with Gasteiger partial charge in [-0.1, -0.05) is 0 Å². The summed E-state index contributed by atoms with van der Waals surface area (Å²) in [5.41, 5.74) is 2.29. The van der Waals surface area contributed by atoms with Crippen molar-refractivity contribution in [2.75, 3.05) is 45.9 Å². The van der Waals surface area contributed by atoms with Crippen molar-refractivity contribution in [2.45, 2.75) is 4.90 Å². The summed E-state index contributed by atoms with van der Waals surface area (Å²) in [6.07, 6.45) is 0. The molecule has 0 aliphatic carbocycles. The van der Waals surface area contributed by atoms with Gasteiger partial charge in [-0.2, -0.15) is 9.41 Å². The first-order valence-corrected chi connectivity index (χ1v) is 9.02. The zero-order valence-corrected chi connectivity index (χ0v) is 15.1. The SMILES string of the molecule is COC(=O)C(=NNc1ccc(S(=O)(=O)N2CCOCC2)cc1)C(=O)OC. The molecule has 1 heterocycles. The zero-order chi connectivity index (χ0) is 19.2. The normalized spacial score (nSPS) is 15.0. The second-order valence-electron chi connectivity index (χ2n) is 5.10. The van der Waals surface area contributed by atoms with Gasteiger partial charge >= 0.3 is 11.9 Å². The second-order valence-corrected chi connectivity index (χ2v) is 7.03. The topological polar surface area (TPSA) is 124 Å². The fourth-order valence-electron chi connectivity index (χ4n) is 2.13. The van der Waals surface area contributed by atoms with Gasteiger partial charge in [-0.05, 0) is 24.3 Å². The minimum absolute atomic E-state index is 0.120. The van der Waals surface area contributed by atoms with Crippen molar-refractivity contribution in [3.8, 4) is 0 Å². The number of hydrazone groups is 1. The maximum atomic E-state index is 12.5. The van der Waals surface area contributed by atoms with Gasteiger partial charge in [0.05, 0.1) is 38.0 Å². The van der Waals surface area contributed by atoms with Crippen LogP contribution in [0.4, 0.5) is 5.69 Å². The Morgan fingerprint density at radius 1 is 1.08 bits per heavy atom. The molecule has 1 aromatic rings. The van der Waals surface area contributed by atoms with E-state index in [0.29, 0.717) is 32.0 Å². The number of carbonyl (C=O) groups is 2. The Balaban J connectivity index is 2.14. The number of esters is 2. The number of hydrogen-bond acceptors (Lipinski definition) is 9. The molecule has 1 aliphatic rings. The smallest absolute Gasteiger partial charge is 0.366 e. The van der Waals surface area contributed by atoms with Gasteiger partial charge in [-0.3, -0.25) is 5.43 Å². The summed E-state index contributed by atoms with van der Waals surface area (Å²) in [7, 11) is -1.40. The van der Waals surface area contributed by atoms with Crippen LogP contribution in [0.3, 0.4) is 0 Å². The van der Waals surface area contributed by atoms with Gasteiger partial charge in [-0.25, -0.2) is 18.0 Å². The van der Waals surface area contributed by atoms with Crippen LogP contribution in [0.1, 0.15) is 0 Å². The van der Waals surface area contributed by atoms with Gasteiger partial charge in [0, 0.05) is 13.1 Å². The maximum absolute atomic E-state index is 12.5. The Morgan fingerprint density at radius 2 is 1.62 bits per heavy atom. The number of nitrogens with one attached hydrogen (secondary N) is 1. The van der Waals surface area contributed by atoms with Crippen molar-refractivity contribution < 1.29 is 32.2 Å². The number of sulfonamides is 1. The molecule has 1 saturated heterocycles. The number of rotatable bonds is 6. The van der Waals surface area contributed by atoms with Crippen molar-refractivity contribution in [1.29, 1.82) is 0 Å². The predicted octanol–water partition coefficient (Wildman–Crippen LogP) is -0.179. The molecular weight excluding hydrogens is 366 g/mol. The number of methoxy groups -OCH3 is 2. The Hall–Kier alpha value is -2.50. The molecule has 1 fully saturated rings. The average Bonchev–Trinajstić information content (AvgIpc) is 2.68. The van der Waals surface area contributed by atoms with Crippen LogP contribution >= 0.6 is 0 Å².